The highest BCUT2D eigenvalue weighted by molar-refractivity contribution is 6.00. The second-order valence-corrected chi connectivity index (χ2v) is 5.70. The van der Waals surface area contributed by atoms with Crippen LogP contribution in [0.3, 0.4) is 0 Å². The van der Waals surface area contributed by atoms with E-state index in [1.807, 2.05) is 30.3 Å². The third-order valence-electron chi connectivity index (χ3n) is 3.63. The highest BCUT2D eigenvalue weighted by atomic mass is 16.2. The Kier molecular flexibility index (Phi) is 5.28. The van der Waals surface area contributed by atoms with Gasteiger partial charge in [0.1, 0.15) is 0 Å². The fraction of sp³-hybridized carbons (Fsp3) is 0.105. The Hall–Kier alpha value is -3.61. The molecule has 132 valence electrons. The zero-order valence-electron chi connectivity index (χ0n) is 14.3. The Morgan fingerprint density at radius 2 is 1.81 bits per heavy atom. The topological polar surface area (TPSA) is 88.0 Å². The molecule has 0 aliphatic rings. The van der Waals surface area contributed by atoms with Crippen molar-refractivity contribution in [3.05, 3.63) is 78.0 Å². The minimum Gasteiger partial charge on any atom is -0.348 e. The number of hydrogen-bond acceptors (Lipinski definition) is 3. The summed E-state index contributed by atoms with van der Waals surface area (Å²) in [6, 6.07) is 17.7. The van der Waals surface area contributed by atoms with Crippen LogP contribution in [0.5, 0.6) is 0 Å². The fourth-order valence-electron chi connectivity index (χ4n) is 2.38. The van der Waals surface area contributed by atoms with Crippen LogP contribution in [0.1, 0.15) is 15.9 Å². The summed E-state index contributed by atoms with van der Waals surface area (Å²) in [4.78, 5) is 24.3. The molecular formula is C19H19N5O2. The van der Waals surface area contributed by atoms with Crippen molar-refractivity contribution in [1.82, 2.24) is 15.1 Å². The summed E-state index contributed by atoms with van der Waals surface area (Å²) in [7, 11) is 1.76. The summed E-state index contributed by atoms with van der Waals surface area (Å²) in [6.07, 6.45) is 1.73. The number of benzene rings is 2. The maximum absolute atomic E-state index is 12.3. The molecule has 7 heteroatoms. The van der Waals surface area contributed by atoms with Crippen molar-refractivity contribution in [3.63, 3.8) is 0 Å². The largest absolute Gasteiger partial charge is 0.348 e. The zero-order valence-corrected chi connectivity index (χ0v) is 14.3. The number of nitrogens with zero attached hydrogens (tertiary/aromatic N) is 2. The van der Waals surface area contributed by atoms with Gasteiger partial charge >= 0.3 is 6.03 Å². The number of aryl methyl sites for hydroxylation is 1. The van der Waals surface area contributed by atoms with Gasteiger partial charge in [-0.3, -0.25) is 14.8 Å². The maximum Gasteiger partial charge on any atom is 0.324 e. The number of amides is 3. The smallest absolute Gasteiger partial charge is 0.324 e. The Labute approximate surface area is 151 Å². The standard InChI is InChI=1S/C19H19N5O2/c1-24-11-10-17(23-24)22-19(26)21-16-9-5-8-15(12-16)18(25)20-13-14-6-3-2-4-7-14/h2-12H,13H2,1H3,(H,20,25)(H2,21,22,23,26). The van der Waals surface area contributed by atoms with Crippen molar-refractivity contribution < 1.29 is 9.59 Å². The molecule has 0 aliphatic carbocycles. The molecule has 3 amide bonds. The second-order valence-electron chi connectivity index (χ2n) is 5.70. The Balaban J connectivity index is 1.58. The summed E-state index contributed by atoms with van der Waals surface area (Å²) < 4.78 is 1.59. The molecule has 0 bridgehead atoms. The van der Waals surface area contributed by atoms with Gasteiger partial charge in [-0.05, 0) is 23.8 Å². The first-order chi connectivity index (χ1) is 12.6. The van der Waals surface area contributed by atoms with E-state index < -0.39 is 6.03 Å². The third kappa shape index (κ3) is 4.70. The highest BCUT2D eigenvalue weighted by Crippen LogP contribution is 2.12. The van der Waals surface area contributed by atoms with Crippen LogP contribution in [-0.2, 0) is 13.6 Å². The van der Waals surface area contributed by atoms with Gasteiger partial charge in [-0.15, -0.1) is 0 Å². The van der Waals surface area contributed by atoms with Gasteiger partial charge in [-0.2, -0.15) is 5.10 Å². The summed E-state index contributed by atoms with van der Waals surface area (Å²) in [5.41, 5.74) is 2.01. The lowest BCUT2D eigenvalue weighted by atomic mass is 10.1. The number of nitrogens with one attached hydrogen (secondary N) is 3. The molecule has 1 heterocycles. The first-order valence-corrected chi connectivity index (χ1v) is 8.10. The predicted octanol–water partition coefficient (Wildman–Crippen LogP) is 2.99. The van der Waals surface area contributed by atoms with E-state index in [2.05, 4.69) is 21.0 Å². The van der Waals surface area contributed by atoms with Crippen LogP contribution in [0, 0.1) is 0 Å². The van der Waals surface area contributed by atoms with Gasteiger partial charge in [0.05, 0.1) is 0 Å². The molecule has 0 radical (unpaired) electrons. The van der Waals surface area contributed by atoms with Crippen molar-refractivity contribution in [3.8, 4) is 0 Å². The highest BCUT2D eigenvalue weighted by Gasteiger charge is 2.09. The molecule has 3 rings (SSSR count). The van der Waals surface area contributed by atoms with Gasteiger partial charge in [0.15, 0.2) is 5.82 Å². The van der Waals surface area contributed by atoms with Gasteiger partial charge in [-0.25, -0.2) is 4.79 Å². The molecule has 3 N–H and O–H groups in total. The van der Waals surface area contributed by atoms with Gasteiger partial charge in [0.25, 0.3) is 5.91 Å². The van der Waals surface area contributed by atoms with E-state index in [4.69, 9.17) is 0 Å². The number of urea groups is 1. The average Bonchev–Trinajstić information content (AvgIpc) is 3.05. The van der Waals surface area contributed by atoms with Crippen LogP contribution in [0.4, 0.5) is 16.3 Å². The van der Waals surface area contributed by atoms with E-state index in [1.54, 1.807) is 48.3 Å². The lowest BCUT2D eigenvalue weighted by molar-refractivity contribution is 0.0951. The van der Waals surface area contributed by atoms with Crippen LogP contribution in [0.2, 0.25) is 0 Å². The van der Waals surface area contributed by atoms with Crippen LogP contribution < -0.4 is 16.0 Å². The van der Waals surface area contributed by atoms with E-state index >= 15 is 0 Å². The van der Waals surface area contributed by atoms with E-state index in [9.17, 15) is 9.59 Å². The van der Waals surface area contributed by atoms with Crippen molar-refractivity contribution in [2.45, 2.75) is 6.54 Å². The van der Waals surface area contributed by atoms with E-state index in [1.165, 1.54) is 0 Å². The molecule has 0 saturated carbocycles. The third-order valence-corrected chi connectivity index (χ3v) is 3.63. The van der Waals surface area contributed by atoms with E-state index in [0.717, 1.165) is 5.56 Å². The van der Waals surface area contributed by atoms with Crippen LogP contribution in [-0.4, -0.2) is 21.7 Å². The number of carbonyl (C=O) groups is 2. The van der Waals surface area contributed by atoms with Gasteiger partial charge in [0, 0.05) is 37.1 Å². The molecule has 26 heavy (non-hydrogen) atoms. The fourth-order valence-corrected chi connectivity index (χ4v) is 2.38. The van der Waals surface area contributed by atoms with E-state index in [-0.39, 0.29) is 5.91 Å². The number of anilines is 2. The molecule has 0 saturated heterocycles. The molecule has 2 aromatic carbocycles. The summed E-state index contributed by atoms with van der Waals surface area (Å²) in [5, 5.41) is 12.2. The molecular weight excluding hydrogens is 330 g/mol. The van der Waals surface area contributed by atoms with Crippen LogP contribution >= 0.6 is 0 Å². The SMILES string of the molecule is Cn1ccc(NC(=O)Nc2cccc(C(=O)NCc3ccccc3)c2)n1. The molecule has 0 atom stereocenters. The first kappa shape index (κ1) is 17.2. The Bertz CT molecular complexity index is 905. The number of rotatable bonds is 5. The van der Waals surface area contributed by atoms with Crippen LogP contribution in [0.15, 0.2) is 66.9 Å². The maximum atomic E-state index is 12.3. The van der Waals surface area contributed by atoms with Crippen molar-refractivity contribution in [1.29, 1.82) is 0 Å². The first-order valence-electron chi connectivity index (χ1n) is 8.10. The van der Waals surface area contributed by atoms with Gasteiger partial charge < -0.3 is 10.6 Å². The summed E-state index contributed by atoms with van der Waals surface area (Å²) in [6.45, 7) is 0.442. The molecule has 0 fully saturated rings. The second kappa shape index (κ2) is 7.98. The lowest BCUT2D eigenvalue weighted by Crippen LogP contribution is -2.23. The summed E-state index contributed by atoms with van der Waals surface area (Å²) in [5.74, 6) is 0.240. The lowest BCUT2D eigenvalue weighted by Gasteiger charge is -2.09. The monoisotopic (exact) mass is 349 g/mol. The zero-order chi connectivity index (χ0) is 18.4. The van der Waals surface area contributed by atoms with Crippen molar-refractivity contribution in [2.24, 2.45) is 7.05 Å². The molecule has 7 nitrogen and oxygen atoms in total. The van der Waals surface area contributed by atoms with Crippen LogP contribution in [0.25, 0.3) is 0 Å². The van der Waals surface area contributed by atoms with Gasteiger partial charge in [-0.1, -0.05) is 36.4 Å². The van der Waals surface area contributed by atoms with Crippen molar-refractivity contribution >= 4 is 23.4 Å². The average molecular weight is 349 g/mol. The quantitative estimate of drug-likeness (QED) is 0.662. The predicted molar refractivity (Wildman–Crippen MR) is 99.9 cm³/mol. The number of aromatic nitrogens is 2. The molecule has 0 aliphatic heterocycles. The van der Waals surface area contributed by atoms with Crippen molar-refractivity contribution in [2.75, 3.05) is 10.6 Å². The Morgan fingerprint density at radius 1 is 1.00 bits per heavy atom. The Morgan fingerprint density at radius 3 is 2.54 bits per heavy atom. The van der Waals surface area contributed by atoms with Gasteiger partial charge in [0.2, 0.25) is 0 Å². The number of hydrogen-bond donors (Lipinski definition) is 3. The molecule has 0 spiro atoms. The minimum atomic E-state index is -0.425. The molecule has 1 aromatic heterocycles. The number of carbonyl (C=O) groups excluding carboxylic acids is 2. The molecule has 0 unspecified atom stereocenters. The normalized spacial score (nSPS) is 10.2. The van der Waals surface area contributed by atoms with E-state index in [0.29, 0.717) is 23.6 Å². The molecule has 3 aromatic rings. The minimum absolute atomic E-state index is 0.206. The summed E-state index contributed by atoms with van der Waals surface area (Å²) >= 11 is 0.